The molecule has 0 nitrogen and oxygen atoms in total. The fourth-order valence-corrected chi connectivity index (χ4v) is 1.73. The number of rotatable bonds is 2. The summed E-state index contributed by atoms with van der Waals surface area (Å²) in [7, 11) is 0. The zero-order chi connectivity index (χ0) is 8.57. The average molecular weight is 158 g/mol. The van der Waals surface area contributed by atoms with E-state index in [1.165, 1.54) is 28.0 Å². The molecule has 0 aromatic rings. The second-order valence-electron chi connectivity index (χ2n) is 3.91. The van der Waals surface area contributed by atoms with Gasteiger partial charge >= 0.3 is 0 Å². The first kappa shape index (κ1) is 13.1. The summed E-state index contributed by atoms with van der Waals surface area (Å²) in [4.78, 5) is 0. The normalized spacial score (nSPS) is 9.50. The molecule has 0 saturated heterocycles. The van der Waals surface area contributed by atoms with Gasteiger partial charge in [0.25, 0.3) is 0 Å². The average Bonchev–Trinajstić information content (AvgIpc) is 1.62. The van der Waals surface area contributed by atoms with Crippen molar-refractivity contribution in [2.45, 2.75) is 46.3 Å². The van der Waals surface area contributed by atoms with Crippen molar-refractivity contribution in [3.05, 3.63) is 0 Å². The van der Waals surface area contributed by atoms with E-state index in [1.807, 2.05) is 0 Å². The van der Waals surface area contributed by atoms with E-state index >= 15 is 0 Å². The third kappa shape index (κ3) is 38.8. The molecule has 62 valence electrons. The molecule has 0 bridgehead atoms. The van der Waals surface area contributed by atoms with Crippen LogP contribution in [0.25, 0.3) is 0 Å². The van der Waals surface area contributed by atoms with Gasteiger partial charge < -0.3 is 0 Å². The molecule has 0 spiro atoms. The van der Waals surface area contributed by atoms with Crippen LogP contribution in [-0.2, 0) is 0 Å². The number of hydrogen-bond donors (Lipinski definition) is 0. The molecule has 0 aliphatic heterocycles. The molecule has 0 N–H and O–H groups in total. The van der Waals surface area contributed by atoms with Crippen LogP contribution >= 0.6 is 0 Å². The van der Waals surface area contributed by atoms with Gasteiger partial charge in [0.1, 0.15) is 0 Å². The summed E-state index contributed by atoms with van der Waals surface area (Å²) >= 11 is 1.39. The maximum absolute atomic E-state index is 2.28. The van der Waals surface area contributed by atoms with Crippen LogP contribution in [-0.4, -0.2) is 16.3 Å². The number of hydrogen-bond acceptors (Lipinski definition) is 0. The highest BCUT2D eigenvalue weighted by molar-refractivity contribution is 6.08. The van der Waals surface area contributed by atoms with E-state index in [-0.39, 0.29) is 0 Å². The predicted octanol–water partition coefficient (Wildman–Crippen LogP) is 2.75. The Hall–Kier alpha value is 0.532. The Bertz CT molecular complexity index is 45.9. The molecule has 0 unspecified atom stereocenters. The molecule has 0 saturated carbocycles. The smallest absolute Gasteiger partial charge is 0.101 e. The van der Waals surface area contributed by atoms with Crippen LogP contribution in [0.15, 0.2) is 0 Å². The molecule has 0 heterocycles. The zero-order valence-corrected chi connectivity index (χ0v) is 10.6. The summed E-state index contributed by atoms with van der Waals surface area (Å²) in [6.07, 6.45) is 1.44. The van der Waals surface area contributed by atoms with Gasteiger partial charge in [0.15, 0.2) is 0 Å². The molecule has 1 heteroatoms. The molecule has 0 rings (SSSR count). The first-order valence-electron chi connectivity index (χ1n) is 4.50. The maximum Gasteiger partial charge on any atom is 0.211 e. The van der Waals surface area contributed by atoms with Gasteiger partial charge in [0, 0.05) is 0 Å². The van der Waals surface area contributed by atoms with Gasteiger partial charge in [-0.2, -0.15) is 0 Å². The molecule has 0 aliphatic rings. The summed E-state index contributed by atoms with van der Waals surface area (Å²) in [5.41, 5.74) is 0. The van der Waals surface area contributed by atoms with E-state index in [0.717, 1.165) is 11.8 Å². The van der Waals surface area contributed by atoms with Crippen LogP contribution in [0.3, 0.4) is 0 Å². The molecule has 0 aromatic carbocycles. The highest BCUT2D eigenvalue weighted by atomic mass is 27.0. The van der Waals surface area contributed by atoms with Gasteiger partial charge in [-0.3, -0.25) is 0 Å². The second-order valence-corrected chi connectivity index (χ2v) is 4.91. The molecular weight excluding hydrogens is 135 g/mol. The van der Waals surface area contributed by atoms with Gasteiger partial charge in [-0.15, -0.1) is 5.28 Å². The third-order valence-corrected chi connectivity index (χ3v) is 1.44. The van der Waals surface area contributed by atoms with E-state index in [0.29, 0.717) is 0 Å². The van der Waals surface area contributed by atoms with E-state index in [1.54, 1.807) is 0 Å². The van der Waals surface area contributed by atoms with Crippen LogP contribution in [0.2, 0.25) is 5.28 Å². The van der Waals surface area contributed by atoms with Crippen LogP contribution in [0.1, 0.15) is 41.0 Å². The van der Waals surface area contributed by atoms with E-state index in [4.69, 9.17) is 0 Å². The van der Waals surface area contributed by atoms with E-state index in [9.17, 15) is 0 Å². The van der Waals surface area contributed by atoms with Crippen molar-refractivity contribution in [1.82, 2.24) is 0 Å². The summed E-state index contributed by atoms with van der Waals surface area (Å²) in [6, 6.07) is 0. The van der Waals surface area contributed by atoms with Crippen molar-refractivity contribution in [1.29, 1.82) is 0 Å². The van der Waals surface area contributed by atoms with Crippen molar-refractivity contribution in [3.8, 4) is 0 Å². The Kier molecular flexibility index (Phi) is 12.5. The molecule has 0 radical (unpaired) electrons. The van der Waals surface area contributed by atoms with Gasteiger partial charge in [0.2, 0.25) is 16.3 Å². The fraction of sp³-hybridized carbons (Fsp3) is 1.00. The molecular formula is C9H23Al. The molecule has 0 fully saturated rings. The minimum Gasteiger partial charge on any atom is -0.101 e. The van der Waals surface area contributed by atoms with E-state index in [2.05, 4.69) is 34.6 Å². The summed E-state index contributed by atoms with van der Waals surface area (Å²) < 4.78 is 0. The van der Waals surface area contributed by atoms with Crippen LogP contribution < -0.4 is 0 Å². The maximum atomic E-state index is 2.28. The molecule has 0 atom stereocenters. The van der Waals surface area contributed by atoms with Crippen molar-refractivity contribution in [2.75, 3.05) is 0 Å². The lowest BCUT2D eigenvalue weighted by atomic mass is 10.2. The largest absolute Gasteiger partial charge is 0.211 e. The lowest BCUT2D eigenvalue weighted by Gasteiger charge is -1.95. The quantitative estimate of drug-likeness (QED) is 0.542. The van der Waals surface area contributed by atoms with E-state index < -0.39 is 0 Å². The van der Waals surface area contributed by atoms with Crippen molar-refractivity contribution >= 4 is 16.3 Å². The SMILES string of the molecule is CC(C)C.CC(C)C[CH2][AlH2]. The Morgan fingerprint density at radius 2 is 1.30 bits per heavy atom. The Morgan fingerprint density at radius 3 is 1.30 bits per heavy atom. The Labute approximate surface area is 74.8 Å². The Balaban J connectivity index is 0. The van der Waals surface area contributed by atoms with Gasteiger partial charge in [-0.25, -0.2) is 0 Å². The van der Waals surface area contributed by atoms with Crippen LogP contribution in [0.4, 0.5) is 0 Å². The van der Waals surface area contributed by atoms with Gasteiger partial charge in [-0.05, 0) is 11.8 Å². The second kappa shape index (κ2) is 9.53. The topological polar surface area (TPSA) is 0 Å². The standard InChI is InChI=1S/C5H11.C4H10.Al.2H/c1-4-5(2)3;1-4(2)3;;;/h5H,1,4H2,2-3H3;4H,1-3H3;;;. The summed E-state index contributed by atoms with van der Waals surface area (Å²) in [5, 5.41) is 1.47. The highest BCUT2D eigenvalue weighted by Crippen LogP contribution is 1.99. The highest BCUT2D eigenvalue weighted by Gasteiger charge is 1.85. The molecule has 10 heavy (non-hydrogen) atoms. The lowest BCUT2D eigenvalue weighted by molar-refractivity contribution is 0.626. The zero-order valence-electron chi connectivity index (χ0n) is 8.57. The third-order valence-electron chi connectivity index (χ3n) is 0.866. The summed E-state index contributed by atoms with van der Waals surface area (Å²) in [5.74, 6) is 1.77. The van der Waals surface area contributed by atoms with Crippen molar-refractivity contribution in [2.24, 2.45) is 11.8 Å². The van der Waals surface area contributed by atoms with Gasteiger partial charge in [-0.1, -0.05) is 41.0 Å². The minimum absolute atomic E-state index is 0.833. The van der Waals surface area contributed by atoms with Crippen molar-refractivity contribution in [3.63, 3.8) is 0 Å². The van der Waals surface area contributed by atoms with Crippen LogP contribution in [0, 0.1) is 11.8 Å². The fourth-order valence-electron chi connectivity index (χ4n) is 0.577. The van der Waals surface area contributed by atoms with Crippen LogP contribution in [0.5, 0.6) is 0 Å². The molecule has 0 amide bonds. The summed E-state index contributed by atoms with van der Waals surface area (Å²) in [6.45, 7) is 11.1. The predicted molar refractivity (Wildman–Crippen MR) is 53.3 cm³/mol. The molecule has 0 aromatic heterocycles. The lowest BCUT2D eigenvalue weighted by Crippen LogP contribution is -1.83. The first-order chi connectivity index (χ1) is 4.50. The monoisotopic (exact) mass is 158 g/mol. The first-order valence-corrected chi connectivity index (χ1v) is 5.92. The van der Waals surface area contributed by atoms with Gasteiger partial charge in [0.05, 0.1) is 0 Å². The minimum atomic E-state index is 0.833. The molecule has 0 aliphatic carbocycles. The Morgan fingerprint density at radius 1 is 1.00 bits per heavy atom. The van der Waals surface area contributed by atoms with Crippen molar-refractivity contribution < 1.29 is 0 Å².